The third-order valence-corrected chi connectivity index (χ3v) is 4.20. The van der Waals surface area contributed by atoms with Gasteiger partial charge < -0.3 is 10.2 Å². The first-order chi connectivity index (χ1) is 9.58. The zero-order chi connectivity index (χ0) is 14.5. The predicted molar refractivity (Wildman–Crippen MR) is 83.2 cm³/mol. The molecule has 5 nitrogen and oxygen atoms in total. The van der Waals surface area contributed by atoms with E-state index in [-0.39, 0.29) is 0 Å². The minimum absolute atomic E-state index is 0.495. The van der Waals surface area contributed by atoms with Crippen molar-refractivity contribution in [2.75, 3.05) is 45.1 Å². The van der Waals surface area contributed by atoms with Crippen LogP contribution in [-0.2, 0) is 0 Å². The van der Waals surface area contributed by atoms with Crippen LogP contribution in [0.4, 0.5) is 5.82 Å². The summed E-state index contributed by atoms with van der Waals surface area (Å²) in [7, 11) is 2.18. The van der Waals surface area contributed by atoms with Crippen LogP contribution in [0.25, 0.3) is 0 Å². The number of nitrogens with zero attached hydrogens (tertiary/aromatic N) is 4. The maximum Gasteiger partial charge on any atom is 0.148 e. The molecule has 1 atom stereocenters. The lowest BCUT2D eigenvalue weighted by atomic mass is 10.0. The molecule has 1 aliphatic rings. The van der Waals surface area contributed by atoms with Crippen LogP contribution in [0.15, 0.2) is 12.5 Å². The molecule has 1 N–H and O–H groups in total. The van der Waals surface area contributed by atoms with E-state index in [1.54, 1.807) is 6.20 Å². The van der Waals surface area contributed by atoms with E-state index in [2.05, 4.69) is 46.0 Å². The molecular weight excluding hydrogens is 274 g/mol. The quantitative estimate of drug-likeness (QED) is 0.898. The molecule has 1 aromatic heterocycles. The van der Waals surface area contributed by atoms with Crippen LogP contribution in [0, 0.1) is 5.92 Å². The number of nitrogens with one attached hydrogen (secondary N) is 1. The fourth-order valence-corrected chi connectivity index (χ4v) is 2.76. The normalized spacial score (nSPS) is 19.2. The van der Waals surface area contributed by atoms with E-state index in [1.165, 1.54) is 6.33 Å². The van der Waals surface area contributed by atoms with E-state index in [4.69, 9.17) is 11.6 Å². The molecule has 6 heteroatoms. The van der Waals surface area contributed by atoms with Gasteiger partial charge in [-0.1, -0.05) is 25.4 Å². The molecule has 0 aliphatic carbocycles. The number of halogens is 1. The molecule has 112 valence electrons. The van der Waals surface area contributed by atoms with Crippen molar-refractivity contribution < 1.29 is 0 Å². The highest BCUT2D eigenvalue weighted by Crippen LogP contribution is 2.18. The van der Waals surface area contributed by atoms with Gasteiger partial charge in [-0.2, -0.15) is 0 Å². The molecule has 1 aliphatic heterocycles. The van der Waals surface area contributed by atoms with Crippen molar-refractivity contribution in [3.63, 3.8) is 0 Å². The third-order valence-electron chi connectivity index (χ3n) is 3.92. The molecule has 0 amide bonds. The molecule has 1 aromatic rings. The molecule has 0 saturated carbocycles. The number of likely N-dealkylation sites (N-methyl/N-ethyl adjacent to an activating group) is 1. The van der Waals surface area contributed by atoms with Crippen molar-refractivity contribution in [2.24, 2.45) is 5.92 Å². The van der Waals surface area contributed by atoms with E-state index in [0.717, 1.165) is 38.5 Å². The Morgan fingerprint density at radius 1 is 1.30 bits per heavy atom. The highest BCUT2D eigenvalue weighted by Gasteiger charge is 2.24. The van der Waals surface area contributed by atoms with Gasteiger partial charge in [0.2, 0.25) is 0 Å². The average molecular weight is 298 g/mol. The molecule has 1 saturated heterocycles. The molecule has 0 aromatic carbocycles. The maximum absolute atomic E-state index is 6.08. The monoisotopic (exact) mass is 297 g/mol. The van der Waals surface area contributed by atoms with Gasteiger partial charge >= 0.3 is 0 Å². The molecule has 0 spiro atoms. The summed E-state index contributed by atoms with van der Waals surface area (Å²) in [4.78, 5) is 13.0. The van der Waals surface area contributed by atoms with Crippen molar-refractivity contribution in [1.82, 2.24) is 19.8 Å². The van der Waals surface area contributed by atoms with Gasteiger partial charge in [0, 0.05) is 38.8 Å². The Bertz CT molecular complexity index is 418. The minimum Gasteiger partial charge on any atom is -0.367 e. The highest BCUT2D eigenvalue weighted by atomic mass is 35.5. The van der Waals surface area contributed by atoms with Crippen LogP contribution in [0.2, 0.25) is 5.02 Å². The summed E-state index contributed by atoms with van der Waals surface area (Å²) in [5.41, 5.74) is 0. The molecule has 2 rings (SSSR count). The Hall–Kier alpha value is -0.910. The van der Waals surface area contributed by atoms with Gasteiger partial charge in [-0.25, -0.2) is 9.97 Å². The zero-order valence-corrected chi connectivity index (χ0v) is 13.3. The second-order valence-electron chi connectivity index (χ2n) is 5.75. The molecule has 2 heterocycles. The van der Waals surface area contributed by atoms with Gasteiger partial charge in [0.25, 0.3) is 0 Å². The van der Waals surface area contributed by atoms with Gasteiger partial charge in [-0.3, -0.25) is 4.90 Å². The molecule has 1 fully saturated rings. The molecule has 0 radical (unpaired) electrons. The summed E-state index contributed by atoms with van der Waals surface area (Å²) in [6, 6.07) is 0.495. The van der Waals surface area contributed by atoms with Gasteiger partial charge in [-0.15, -0.1) is 0 Å². The topological polar surface area (TPSA) is 44.3 Å². The van der Waals surface area contributed by atoms with E-state index in [9.17, 15) is 0 Å². The summed E-state index contributed by atoms with van der Waals surface area (Å²) < 4.78 is 0. The van der Waals surface area contributed by atoms with E-state index in [1.807, 2.05) is 0 Å². The number of anilines is 1. The van der Waals surface area contributed by atoms with Crippen LogP contribution >= 0.6 is 11.6 Å². The number of rotatable bonds is 5. The summed E-state index contributed by atoms with van der Waals surface area (Å²) in [5, 5.41) is 3.94. The standard InChI is InChI=1S/C14H24ClN5/c1-11(2)13(20-6-4-19(3)5-7-20)9-17-14-12(15)8-16-10-18-14/h8,10-11,13H,4-7,9H2,1-3H3,(H,16,17,18). The third kappa shape index (κ3) is 4.04. The Morgan fingerprint density at radius 3 is 2.60 bits per heavy atom. The lowest BCUT2D eigenvalue weighted by Gasteiger charge is -2.40. The molecule has 0 bridgehead atoms. The van der Waals surface area contributed by atoms with E-state index < -0.39 is 0 Å². The highest BCUT2D eigenvalue weighted by molar-refractivity contribution is 6.32. The SMILES string of the molecule is CC(C)C(CNc1ncncc1Cl)N1CCN(C)CC1. The number of hydrogen-bond acceptors (Lipinski definition) is 5. The summed E-state index contributed by atoms with van der Waals surface area (Å²) in [6.07, 6.45) is 3.14. The first-order valence-corrected chi connectivity index (χ1v) is 7.57. The van der Waals surface area contributed by atoms with Crippen LogP contribution in [0.5, 0.6) is 0 Å². The number of aromatic nitrogens is 2. The largest absolute Gasteiger partial charge is 0.367 e. The summed E-state index contributed by atoms with van der Waals surface area (Å²) >= 11 is 6.08. The van der Waals surface area contributed by atoms with Gasteiger partial charge in [0.05, 0.1) is 6.20 Å². The van der Waals surface area contributed by atoms with Crippen molar-refractivity contribution in [2.45, 2.75) is 19.9 Å². The smallest absolute Gasteiger partial charge is 0.148 e. The van der Waals surface area contributed by atoms with Crippen LogP contribution in [-0.4, -0.2) is 65.6 Å². The second-order valence-corrected chi connectivity index (χ2v) is 6.16. The lowest BCUT2D eigenvalue weighted by Crippen LogP contribution is -2.52. The van der Waals surface area contributed by atoms with Crippen LogP contribution in [0.1, 0.15) is 13.8 Å². The predicted octanol–water partition coefficient (Wildman–Crippen LogP) is 1.81. The Morgan fingerprint density at radius 2 is 2.00 bits per heavy atom. The van der Waals surface area contributed by atoms with Crippen molar-refractivity contribution in [3.05, 3.63) is 17.5 Å². The van der Waals surface area contributed by atoms with Gasteiger partial charge in [0.1, 0.15) is 17.2 Å². The Kier molecular flexibility index (Phi) is 5.57. The Balaban J connectivity index is 1.94. The van der Waals surface area contributed by atoms with Crippen molar-refractivity contribution in [1.29, 1.82) is 0 Å². The fraction of sp³-hybridized carbons (Fsp3) is 0.714. The first kappa shape index (κ1) is 15.5. The Labute approximate surface area is 126 Å². The van der Waals surface area contributed by atoms with Gasteiger partial charge in [0.15, 0.2) is 0 Å². The maximum atomic E-state index is 6.08. The van der Waals surface area contributed by atoms with E-state index >= 15 is 0 Å². The van der Waals surface area contributed by atoms with Crippen molar-refractivity contribution in [3.8, 4) is 0 Å². The number of piperazine rings is 1. The van der Waals surface area contributed by atoms with Crippen LogP contribution in [0.3, 0.4) is 0 Å². The molecule has 1 unspecified atom stereocenters. The summed E-state index contributed by atoms with van der Waals surface area (Å²) in [5.74, 6) is 1.31. The summed E-state index contributed by atoms with van der Waals surface area (Å²) in [6.45, 7) is 9.92. The first-order valence-electron chi connectivity index (χ1n) is 7.20. The number of hydrogen-bond donors (Lipinski definition) is 1. The zero-order valence-electron chi connectivity index (χ0n) is 12.5. The van der Waals surface area contributed by atoms with E-state index in [0.29, 0.717) is 17.0 Å². The second kappa shape index (κ2) is 7.20. The average Bonchev–Trinajstić information content (AvgIpc) is 2.42. The van der Waals surface area contributed by atoms with Gasteiger partial charge in [-0.05, 0) is 13.0 Å². The molecule has 20 heavy (non-hydrogen) atoms. The van der Waals surface area contributed by atoms with Crippen LogP contribution < -0.4 is 5.32 Å². The van der Waals surface area contributed by atoms with Crippen molar-refractivity contribution >= 4 is 17.4 Å². The lowest BCUT2D eigenvalue weighted by molar-refractivity contribution is 0.0944. The minimum atomic E-state index is 0.495. The molecular formula is C14H24ClN5. The fourth-order valence-electron chi connectivity index (χ4n) is 2.58.